The maximum Gasteiger partial charge on any atom is 0.303 e. The van der Waals surface area contributed by atoms with E-state index in [1.54, 1.807) is 12.1 Å². The van der Waals surface area contributed by atoms with Crippen molar-refractivity contribution in [1.29, 1.82) is 0 Å². The van der Waals surface area contributed by atoms with Gasteiger partial charge in [0.05, 0.1) is 0 Å². The minimum atomic E-state index is -0.850. The van der Waals surface area contributed by atoms with Crippen molar-refractivity contribution in [2.75, 3.05) is 6.54 Å². The lowest BCUT2D eigenvalue weighted by atomic mass is 10.0. The summed E-state index contributed by atoms with van der Waals surface area (Å²) in [6, 6.07) is 6.05. The number of carboxylic acid groups (broad SMARTS) is 1. The summed E-state index contributed by atoms with van der Waals surface area (Å²) < 4.78 is 12.7. The summed E-state index contributed by atoms with van der Waals surface area (Å²) in [5.74, 6) is -1.30. The Hall–Kier alpha value is -1.91. The quantitative estimate of drug-likeness (QED) is 0.768. The second-order valence-electron chi connectivity index (χ2n) is 4.80. The number of carbonyl (C=O) groups excluding carboxylic acids is 1. The van der Waals surface area contributed by atoms with Crippen LogP contribution < -0.4 is 5.32 Å². The van der Waals surface area contributed by atoms with Gasteiger partial charge in [0, 0.05) is 19.4 Å². The largest absolute Gasteiger partial charge is 0.481 e. The molecule has 110 valence electrons. The Kier molecular flexibility index (Phi) is 6.70. The van der Waals surface area contributed by atoms with Crippen LogP contribution in [-0.4, -0.2) is 23.5 Å². The molecule has 5 heteroatoms. The summed E-state index contributed by atoms with van der Waals surface area (Å²) in [5.41, 5.74) is 0.902. The van der Waals surface area contributed by atoms with Crippen LogP contribution in [0.4, 0.5) is 4.39 Å². The molecule has 0 aliphatic carbocycles. The van der Waals surface area contributed by atoms with Gasteiger partial charge in [-0.1, -0.05) is 25.5 Å². The van der Waals surface area contributed by atoms with Crippen LogP contribution in [0.1, 0.15) is 31.7 Å². The molecule has 0 fully saturated rings. The third-order valence-corrected chi connectivity index (χ3v) is 3.18. The Bertz CT molecular complexity index is 445. The molecular formula is C15H20FNO3. The van der Waals surface area contributed by atoms with E-state index in [1.165, 1.54) is 12.1 Å². The molecule has 0 bridgehead atoms. The Morgan fingerprint density at radius 1 is 1.30 bits per heavy atom. The zero-order valence-corrected chi connectivity index (χ0v) is 11.6. The number of benzene rings is 1. The smallest absolute Gasteiger partial charge is 0.303 e. The van der Waals surface area contributed by atoms with E-state index in [-0.39, 0.29) is 24.1 Å². The van der Waals surface area contributed by atoms with Crippen LogP contribution in [0.15, 0.2) is 24.3 Å². The molecule has 1 amide bonds. The number of amides is 1. The van der Waals surface area contributed by atoms with Crippen molar-refractivity contribution in [2.24, 2.45) is 5.92 Å². The van der Waals surface area contributed by atoms with E-state index in [0.717, 1.165) is 5.56 Å². The van der Waals surface area contributed by atoms with E-state index in [2.05, 4.69) is 5.32 Å². The van der Waals surface area contributed by atoms with Crippen LogP contribution in [0.2, 0.25) is 0 Å². The number of nitrogens with one attached hydrogen (secondary N) is 1. The lowest BCUT2D eigenvalue weighted by molar-refractivity contribution is -0.138. The monoisotopic (exact) mass is 281 g/mol. The van der Waals surface area contributed by atoms with Crippen LogP contribution >= 0.6 is 0 Å². The Labute approximate surface area is 118 Å². The minimum absolute atomic E-state index is 0.0396. The lowest BCUT2D eigenvalue weighted by Gasteiger charge is -2.13. The molecule has 20 heavy (non-hydrogen) atoms. The number of aliphatic carboxylic acids is 1. The number of carboxylic acids is 1. The van der Waals surface area contributed by atoms with E-state index >= 15 is 0 Å². The average Bonchev–Trinajstić information content (AvgIpc) is 2.42. The van der Waals surface area contributed by atoms with Crippen LogP contribution in [0.5, 0.6) is 0 Å². The highest BCUT2D eigenvalue weighted by atomic mass is 19.1. The van der Waals surface area contributed by atoms with Crippen LogP contribution in [0.3, 0.4) is 0 Å². The standard InChI is InChI=1S/C15H20FNO3/c1-2-11(9-15(19)20)10-17-14(18)8-5-12-3-6-13(16)7-4-12/h3-4,6-7,11H,2,5,8-10H2,1H3,(H,17,18)(H,19,20). The van der Waals surface area contributed by atoms with Gasteiger partial charge in [0.2, 0.25) is 5.91 Å². The maximum atomic E-state index is 12.7. The highest BCUT2D eigenvalue weighted by Crippen LogP contribution is 2.08. The van der Waals surface area contributed by atoms with Crippen LogP contribution in [0, 0.1) is 11.7 Å². The van der Waals surface area contributed by atoms with Crippen molar-refractivity contribution in [3.8, 4) is 0 Å². The highest BCUT2D eigenvalue weighted by Gasteiger charge is 2.12. The molecule has 0 heterocycles. The molecule has 0 saturated heterocycles. The number of halogens is 1. The Morgan fingerprint density at radius 3 is 2.50 bits per heavy atom. The van der Waals surface area contributed by atoms with Gasteiger partial charge in [-0.2, -0.15) is 0 Å². The van der Waals surface area contributed by atoms with Crippen LogP contribution in [0.25, 0.3) is 0 Å². The third kappa shape index (κ3) is 6.31. The summed E-state index contributed by atoms with van der Waals surface area (Å²) >= 11 is 0. The lowest BCUT2D eigenvalue weighted by Crippen LogP contribution is -2.30. The van der Waals surface area contributed by atoms with E-state index in [4.69, 9.17) is 5.11 Å². The van der Waals surface area contributed by atoms with Crippen molar-refractivity contribution in [1.82, 2.24) is 5.32 Å². The van der Waals surface area contributed by atoms with Gasteiger partial charge in [-0.3, -0.25) is 9.59 Å². The number of rotatable bonds is 8. The molecule has 1 aromatic carbocycles. The molecular weight excluding hydrogens is 261 g/mol. The average molecular weight is 281 g/mol. The van der Waals surface area contributed by atoms with Gasteiger partial charge in [-0.25, -0.2) is 4.39 Å². The predicted molar refractivity (Wildman–Crippen MR) is 73.8 cm³/mol. The number of hydrogen-bond donors (Lipinski definition) is 2. The second-order valence-corrected chi connectivity index (χ2v) is 4.80. The van der Waals surface area contributed by atoms with Crippen molar-refractivity contribution >= 4 is 11.9 Å². The molecule has 2 N–H and O–H groups in total. The van der Waals surface area contributed by atoms with Gasteiger partial charge in [0.25, 0.3) is 0 Å². The van der Waals surface area contributed by atoms with Gasteiger partial charge < -0.3 is 10.4 Å². The Balaban J connectivity index is 2.29. The summed E-state index contributed by atoms with van der Waals surface area (Å²) in [6.07, 6.45) is 1.64. The SMILES string of the molecule is CCC(CNC(=O)CCc1ccc(F)cc1)CC(=O)O. The summed E-state index contributed by atoms with van der Waals surface area (Å²) in [5, 5.41) is 11.5. The first kappa shape index (κ1) is 16.1. The minimum Gasteiger partial charge on any atom is -0.481 e. The highest BCUT2D eigenvalue weighted by molar-refractivity contribution is 5.76. The zero-order valence-electron chi connectivity index (χ0n) is 11.6. The molecule has 0 spiro atoms. The summed E-state index contributed by atoms with van der Waals surface area (Å²) in [7, 11) is 0. The fourth-order valence-corrected chi connectivity index (χ4v) is 1.86. The van der Waals surface area contributed by atoms with Gasteiger partial charge in [-0.05, 0) is 30.0 Å². The van der Waals surface area contributed by atoms with Crippen molar-refractivity contribution in [2.45, 2.75) is 32.6 Å². The molecule has 4 nitrogen and oxygen atoms in total. The number of aryl methyl sites for hydroxylation is 1. The molecule has 0 aromatic heterocycles. The van der Waals surface area contributed by atoms with E-state index in [9.17, 15) is 14.0 Å². The number of carbonyl (C=O) groups is 2. The first-order chi connectivity index (χ1) is 9.51. The van der Waals surface area contributed by atoms with Gasteiger partial charge >= 0.3 is 5.97 Å². The topological polar surface area (TPSA) is 66.4 Å². The molecule has 0 saturated carbocycles. The molecule has 0 radical (unpaired) electrons. The van der Waals surface area contributed by atoms with Gasteiger partial charge in [-0.15, -0.1) is 0 Å². The van der Waals surface area contributed by atoms with Crippen molar-refractivity contribution in [3.05, 3.63) is 35.6 Å². The normalized spacial score (nSPS) is 11.9. The summed E-state index contributed by atoms with van der Waals surface area (Å²) in [4.78, 5) is 22.3. The van der Waals surface area contributed by atoms with Crippen LogP contribution in [-0.2, 0) is 16.0 Å². The van der Waals surface area contributed by atoms with Crippen molar-refractivity contribution < 1.29 is 19.1 Å². The predicted octanol–water partition coefficient (Wildman–Crippen LogP) is 2.38. The number of hydrogen-bond acceptors (Lipinski definition) is 2. The third-order valence-electron chi connectivity index (χ3n) is 3.18. The van der Waals surface area contributed by atoms with E-state index in [1.807, 2.05) is 6.92 Å². The van der Waals surface area contributed by atoms with Crippen molar-refractivity contribution in [3.63, 3.8) is 0 Å². The second kappa shape index (κ2) is 8.30. The first-order valence-corrected chi connectivity index (χ1v) is 6.74. The zero-order chi connectivity index (χ0) is 15.0. The van der Waals surface area contributed by atoms with Gasteiger partial charge in [0.1, 0.15) is 5.82 Å². The molecule has 1 aromatic rings. The fraction of sp³-hybridized carbons (Fsp3) is 0.467. The van der Waals surface area contributed by atoms with Gasteiger partial charge in [0.15, 0.2) is 0 Å². The summed E-state index contributed by atoms with van der Waals surface area (Å²) in [6.45, 7) is 2.28. The molecule has 0 aliphatic heterocycles. The maximum absolute atomic E-state index is 12.7. The molecule has 0 aliphatic rings. The van der Waals surface area contributed by atoms with E-state index in [0.29, 0.717) is 25.8 Å². The molecule has 1 rings (SSSR count). The van der Waals surface area contributed by atoms with E-state index < -0.39 is 5.97 Å². The first-order valence-electron chi connectivity index (χ1n) is 6.74. The molecule has 1 unspecified atom stereocenters. The Morgan fingerprint density at radius 2 is 1.95 bits per heavy atom. The molecule has 1 atom stereocenters. The fourth-order valence-electron chi connectivity index (χ4n) is 1.86.